The standard InChI is InChI=1S/Fe.2H3O4P.Ti/c;2*1-5(2,3)4;/h;2*(H3,1,2,3,4);/q+2;;;+4/p-6. The van der Waals surface area contributed by atoms with Crippen molar-refractivity contribution in [2.75, 3.05) is 0 Å². The first-order valence-corrected chi connectivity index (χ1v) is 4.38. The van der Waals surface area contributed by atoms with Gasteiger partial charge < -0.3 is 38.5 Å². The Morgan fingerprint density at radius 1 is 0.667 bits per heavy atom. The van der Waals surface area contributed by atoms with E-state index in [1.165, 1.54) is 0 Å². The first-order valence-electron chi connectivity index (χ1n) is 1.46. The molecule has 8 nitrogen and oxygen atoms in total. The molecule has 0 aliphatic carbocycles. The summed E-state index contributed by atoms with van der Waals surface area (Å²) in [4.78, 5) is 51.3. The van der Waals surface area contributed by atoms with E-state index in [4.69, 9.17) is 38.5 Å². The van der Waals surface area contributed by atoms with E-state index >= 15 is 0 Å². The summed E-state index contributed by atoms with van der Waals surface area (Å²) >= 11 is 0. The van der Waals surface area contributed by atoms with Crippen LogP contribution in [0.4, 0.5) is 0 Å². The van der Waals surface area contributed by atoms with Crippen molar-refractivity contribution in [2.45, 2.75) is 0 Å². The SMILES string of the molecule is O=P([O-])([O-])[O-].O=P([O-])([O-])[O-].[Fe+2].[Ti+4]. The Bertz CT molecular complexity index is 129. The van der Waals surface area contributed by atoms with Crippen molar-refractivity contribution in [3.63, 3.8) is 0 Å². The maximum Gasteiger partial charge on any atom is 4.00 e. The van der Waals surface area contributed by atoms with Crippen molar-refractivity contribution < 1.29 is 77.3 Å². The van der Waals surface area contributed by atoms with Gasteiger partial charge in [0.25, 0.3) is 0 Å². The second-order valence-corrected chi connectivity index (χ2v) is 2.68. The van der Waals surface area contributed by atoms with Crippen LogP contribution in [0.3, 0.4) is 0 Å². The van der Waals surface area contributed by atoms with Gasteiger partial charge in [-0.2, -0.15) is 15.6 Å². The van der Waals surface area contributed by atoms with E-state index in [1.54, 1.807) is 0 Å². The molecule has 0 aliphatic rings. The zero-order valence-electron chi connectivity index (χ0n) is 5.01. The second-order valence-electron chi connectivity index (χ2n) is 0.894. The molecule has 0 bridgehead atoms. The Labute approximate surface area is 92.8 Å². The average molecular weight is 294 g/mol. The fraction of sp³-hybridized carbons (Fsp3) is 0. The normalized spacial score (nSPS) is 9.83. The molecular weight excluding hydrogens is 294 g/mol. The molecule has 0 fully saturated rings. The largest absolute Gasteiger partial charge is 4.00 e. The van der Waals surface area contributed by atoms with Crippen LogP contribution in [-0.2, 0) is 47.9 Å². The fourth-order valence-electron chi connectivity index (χ4n) is 0. The molecule has 12 heteroatoms. The molecule has 0 N–H and O–H groups in total. The van der Waals surface area contributed by atoms with Gasteiger partial charge in [0.2, 0.25) is 0 Å². The third kappa shape index (κ3) is 592. The summed E-state index contributed by atoms with van der Waals surface area (Å²) in [5, 5.41) is 0. The number of hydrogen-bond acceptors (Lipinski definition) is 8. The van der Waals surface area contributed by atoms with Gasteiger partial charge in [0.15, 0.2) is 0 Å². The number of rotatable bonds is 0. The van der Waals surface area contributed by atoms with Gasteiger partial charge in [-0.1, -0.05) is 0 Å². The Balaban J connectivity index is -0.0000000457. The van der Waals surface area contributed by atoms with Crippen LogP contribution in [0.2, 0.25) is 0 Å². The van der Waals surface area contributed by atoms with E-state index in [0.29, 0.717) is 0 Å². The van der Waals surface area contributed by atoms with Crippen LogP contribution in [0.15, 0.2) is 0 Å². The van der Waals surface area contributed by atoms with Crippen LogP contribution in [-0.4, -0.2) is 0 Å². The van der Waals surface area contributed by atoms with Crippen molar-refractivity contribution in [3.8, 4) is 0 Å². The van der Waals surface area contributed by atoms with Crippen LogP contribution in [0.1, 0.15) is 0 Å². The van der Waals surface area contributed by atoms with Gasteiger partial charge in [-0.05, 0) is 0 Å². The molecule has 0 saturated heterocycles. The van der Waals surface area contributed by atoms with Gasteiger partial charge >= 0.3 is 38.8 Å². The summed E-state index contributed by atoms with van der Waals surface area (Å²) in [5.41, 5.74) is 0. The predicted molar refractivity (Wildman–Crippen MR) is 15.2 cm³/mol. The molecule has 0 atom stereocenters. The molecule has 0 rings (SSSR count). The maximum absolute atomic E-state index is 8.55. The van der Waals surface area contributed by atoms with Crippen LogP contribution < -0.4 is 29.4 Å². The minimum absolute atomic E-state index is 0. The third-order valence-corrected chi connectivity index (χ3v) is 0. The van der Waals surface area contributed by atoms with Crippen LogP contribution in [0.25, 0.3) is 0 Å². The molecule has 0 aromatic rings. The van der Waals surface area contributed by atoms with Crippen molar-refractivity contribution in [1.29, 1.82) is 0 Å². The first-order chi connectivity index (χ1) is 4.00. The molecule has 0 saturated carbocycles. The molecule has 0 aromatic carbocycles. The van der Waals surface area contributed by atoms with Gasteiger partial charge in [-0.3, -0.25) is 0 Å². The molecule has 0 spiro atoms. The Morgan fingerprint density at radius 2 is 0.667 bits per heavy atom. The zero-order chi connectivity index (χ0) is 9.00. The van der Waals surface area contributed by atoms with Crippen molar-refractivity contribution >= 4 is 15.6 Å². The van der Waals surface area contributed by atoms with Crippen LogP contribution in [0, 0.1) is 0 Å². The minimum atomic E-state index is -5.39. The van der Waals surface area contributed by atoms with Crippen LogP contribution >= 0.6 is 15.6 Å². The van der Waals surface area contributed by atoms with E-state index in [0.717, 1.165) is 0 Å². The topological polar surface area (TPSA) is 172 Å². The quantitative estimate of drug-likeness (QED) is 0.314. The summed E-state index contributed by atoms with van der Waals surface area (Å²) in [5.74, 6) is 0. The molecule has 70 valence electrons. The molecule has 0 amide bonds. The van der Waals surface area contributed by atoms with Crippen molar-refractivity contribution in [3.05, 3.63) is 0 Å². The summed E-state index contributed by atoms with van der Waals surface area (Å²) in [6.45, 7) is 0. The second kappa shape index (κ2) is 9.03. The van der Waals surface area contributed by atoms with E-state index in [2.05, 4.69) is 0 Å². The monoisotopic (exact) mass is 294 g/mol. The van der Waals surface area contributed by atoms with Crippen molar-refractivity contribution in [2.24, 2.45) is 0 Å². The van der Waals surface area contributed by atoms with E-state index in [1.807, 2.05) is 0 Å². The summed E-state index contributed by atoms with van der Waals surface area (Å²) < 4.78 is 17.1. The van der Waals surface area contributed by atoms with E-state index < -0.39 is 15.6 Å². The van der Waals surface area contributed by atoms with Gasteiger partial charge in [0, 0.05) is 0 Å². The van der Waals surface area contributed by atoms with Gasteiger partial charge in [0.05, 0.1) is 0 Å². The van der Waals surface area contributed by atoms with Gasteiger partial charge in [-0.25, -0.2) is 0 Å². The average Bonchev–Trinajstić information content (AvgIpc) is 1.12. The fourth-order valence-corrected chi connectivity index (χ4v) is 0. The molecule has 0 aromatic heterocycles. The molecule has 12 heavy (non-hydrogen) atoms. The molecule has 0 radical (unpaired) electrons. The Morgan fingerprint density at radius 3 is 0.667 bits per heavy atom. The minimum Gasteiger partial charge on any atom is -0.822 e. The van der Waals surface area contributed by atoms with Gasteiger partial charge in [0.1, 0.15) is 0 Å². The number of phosphoric acid groups is 2. The smallest absolute Gasteiger partial charge is 0.822 e. The Kier molecular flexibility index (Phi) is 17.6. The van der Waals surface area contributed by atoms with Crippen LogP contribution in [0.5, 0.6) is 0 Å². The molecule has 0 heterocycles. The first kappa shape index (κ1) is 23.3. The number of hydrogen-bond donors (Lipinski definition) is 0. The summed E-state index contributed by atoms with van der Waals surface area (Å²) in [6, 6.07) is 0. The van der Waals surface area contributed by atoms with Gasteiger partial charge in [-0.15, -0.1) is 0 Å². The maximum atomic E-state index is 8.55. The summed E-state index contributed by atoms with van der Waals surface area (Å²) in [7, 11) is -10.8. The van der Waals surface area contributed by atoms with E-state index in [-0.39, 0.29) is 38.8 Å². The predicted octanol–water partition coefficient (Wildman–Crippen LogP) is -5.65. The summed E-state index contributed by atoms with van der Waals surface area (Å²) in [6.07, 6.45) is 0. The molecule has 0 aliphatic heterocycles. The van der Waals surface area contributed by atoms with Crippen molar-refractivity contribution in [1.82, 2.24) is 0 Å². The third-order valence-electron chi connectivity index (χ3n) is 0. The Hall–Kier alpha value is 1.45. The molecule has 0 unspecified atom stereocenters. The molecular formula is FeO8P2Ti. The zero-order valence-corrected chi connectivity index (χ0v) is 9.47. The van der Waals surface area contributed by atoms with E-state index in [9.17, 15) is 0 Å².